The summed E-state index contributed by atoms with van der Waals surface area (Å²) in [5.41, 5.74) is 0.387. The van der Waals surface area contributed by atoms with E-state index in [2.05, 4.69) is 0 Å². The van der Waals surface area contributed by atoms with Gasteiger partial charge in [-0.05, 0) is 44.0 Å². The summed E-state index contributed by atoms with van der Waals surface area (Å²) in [4.78, 5) is 11.0. The summed E-state index contributed by atoms with van der Waals surface area (Å²) in [5, 5.41) is 9.70. The lowest BCUT2D eigenvalue weighted by molar-refractivity contribution is -0.146. The molecular weight excluding hydrogens is 223 g/mol. The molecule has 0 spiro atoms. The number of furan rings is 1. The van der Waals surface area contributed by atoms with Crippen molar-refractivity contribution in [2.75, 3.05) is 0 Å². The Kier molecular flexibility index (Phi) is 2.65. The monoisotopic (exact) mass is 236 g/mol. The van der Waals surface area contributed by atoms with Gasteiger partial charge in [0.2, 0.25) is 0 Å². The van der Waals surface area contributed by atoms with Gasteiger partial charge in [-0.1, -0.05) is 0 Å². The van der Waals surface area contributed by atoms with Gasteiger partial charge in [0.25, 0.3) is 0 Å². The molecule has 0 aliphatic rings. The van der Waals surface area contributed by atoms with Crippen molar-refractivity contribution in [2.24, 2.45) is 5.41 Å². The van der Waals surface area contributed by atoms with E-state index in [1.807, 2.05) is 0 Å². The fraction of sp³-hybridized carbons (Fsp3) is 0.308. The zero-order valence-corrected chi connectivity index (χ0v) is 9.66. The normalized spacial score (nSPS) is 11.9. The van der Waals surface area contributed by atoms with Gasteiger partial charge in [0.05, 0.1) is 11.7 Å². The maximum absolute atomic E-state index is 13.1. The molecule has 90 valence electrons. The van der Waals surface area contributed by atoms with Gasteiger partial charge in [-0.2, -0.15) is 0 Å². The van der Waals surface area contributed by atoms with Gasteiger partial charge in [-0.25, -0.2) is 4.39 Å². The van der Waals surface area contributed by atoms with E-state index in [0.29, 0.717) is 23.0 Å². The molecule has 0 bridgehead atoms. The van der Waals surface area contributed by atoms with Crippen LogP contribution in [0.25, 0.3) is 11.0 Å². The summed E-state index contributed by atoms with van der Waals surface area (Å²) < 4.78 is 18.4. The highest BCUT2D eigenvalue weighted by molar-refractivity contribution is 5.82. The van der Waals surface area contributed by atoms with Gasteiger partial charge >= 0.3 is 5.97 Å². The Bertz CT molecular complexity index is 569. The molecule has 0 fully saturated rings. The van der Waals surface area contributed by atoms with Crippen LogP contribution in [0.5, 0.6) is 0 Å². The molecule has 0 amide bonds. The first-order valence-electron chi connectivity index (χ1n) is 5.29. The molecule has 0 saturated heterocycles. The van der Waals surface area contributed by atoms with E-state index in [-0.39, 0.29) is 5.82 Å². The molecule has 3 nitrogen and oxygen atoms in total. The fourth-order valence-electron chi connectivity index (χ4n) is 1.74. The zero-order valence-electron chi connectivity index (χ0n) is 9.66. The Hall–Kier alpha value is -1.84. The molecule has 4 heteroatoms. The van der Waals surface area contributed by atoms with Crippen LogP contribution in [-0.4, -0.2) is 11.1 Å². The highest BCUT2D eigenvalue weighted by atomic mass is 19.1. The predicted octanol–water partition coefficient (Wildman–Crippen LogP) is 3.23. The molecule has 1 aromatic carbocycles. The third-order valence-electron chi connectivity index (χ3n) is 2.83. The second-order valence-electron chi connectivity index (χ2n) is 4.77. The van der Waals surface area contributed by atoms with Crippen molar-refractivity contribution in [3.63, 3.8) is 0 Å². The number of hydrogen-bond acceptors (Lipinski definition) is 2. The van der Waals surface area contributed by atoms with E-state index >= 15 is 0 Å². The molecule has 0 unspecified atom stereocenters. The van der Waals surface area contributed by atoms with E-state index in [1.165, 1.54) is 18.4 Å². The van der Waals surface area contributed by atoms with E-state index in [4.69, 9.17) is 9.52 Å². The Labute approximate surface area is 97.9 Å². The number of benzene rings is 1. The molecule has 17 heavy (non-hydrogen) atoms. The molecule has 1 aromatic heterocycles. The van der Waals surface area contributed by atoms with Gasteiger partial charge in [-0.15, -0.1) is 0 Å². The second-order valence-corrected chi connectivity index (χ2v) is 4.77. The third-order valence-corrected chi connectivity index (χ3v) is 2.83. The van der Waals surface area contributed by atoms with Gasteiger partial charge in [0.1, 0.15) is 11.4 Å². The molecule has 1 heterocycles. The molecule has 0 aliphatic carbocycles. The van der Waals surface area contributed by atoms with Crippen LogP contribution in [0, 0.1) is 11.2 Å². The second kappa shape index (κ2) is 3.87. The minimum Gasteiger partial charge on any atom is -0.481 e. The van der Waals surface area contributed by atoms with E-state index < -0.39 is 11.4 Å². The zero-order chi connectivity index (χ0) is 12.6. The quantitative estimate of drug-likeness (QED) is 0.890. The molecule has 0 radical (unpaired) electrons. The van der Waals surface area contributed by atoms with E-state index in [9.17, 15) is 9.18 Å². The first kappa shape index (κ1) is 11.6. The minimum absolute atomic E-state index is 0.304. The summed E-state index contributed by atoms with van der Waals surface area (Å²) >= 11 is 0. The molecule has 0 aliphatic heterocycles. The number of rotatable bonds is 3. The standard InChI is InChI=1S/C13H13FO3/c1-13(2,12(15)16)6-8-7-17-11-4-3-9(14)5-10(8)11/h3-5,7H,6H2,1-2H3,(H,15,16). The third kappa shape index (κ3) is 2.16. The van der Waals surface area contributed by atoms with Crippen molar-refractivity contribution in [3.05, 3.63) is 35.8 Å². The smallest absolute Gasteiger partial charge is 0.309 e. The van der Waals surface area contributed by atoms with Crippen LogP contribution < -0.4 is 0 Å². The van der Waals surface area contributed by atoms with Crippen molar-refractivity contribution in [1.82, 2.24) is 0 Å². The number of carbonyl (C=O) groups is 1. The summed E-state index contributed by atoms with van der Waals surface area (Å²) in [6.07, 6.45) is 1.80. The topological polar surface area (TPSA) is 50.4 Å². The Morgan fingerprint density at radius 2 is 2.18 bits per heavy atom. The summed E-state index contributed by atoms with van der Waals surface area (Å²) in [6.45, 7) is 3.26. The number of carboxylic acids is 1. The van der Waals surface area contributed by atoms with E-state index in [0.717, 1.165) is 0 Å². The lowest BCUT2D eigenvalue weighted by atomic mass is 9.86. The Morgan fingerprint density at radius 3 is 2.82 bits per heavy atom. The van der Waals surface area contributed by atoms with Crippen LogP contribution in [-0.2, 0) is 11.2 Å². The highest BCUT2D eigenvalue weighted by Crippen LogP contribution is 2.29. The number of halogens is 1. The maximum atomic E-state index is 13.1. The Morgan fingerprint density at radius 1 is 1.47 bits per heavy atom. The van der Waals surface area contributed by atoms with Crippen molar-refractivity contribution in [1.29, 1.82) is 0 Å². The van der Waals surface area contributed by atoms with Crippen LogP contribution >= 0.6 is 0 Å². The first-order valence-corrected chi connectivity index (χ1v) is 5.29. The van der Waals surface area contributed by atoms with Crippen LogP contribution in [0.4, 0.5) is 4.39 Å². The van der Waals surface area contributed by atoms with Gasteiger partial charge in [0, 0.05) is 5.39 Å². The van der Waals surface area contributed by atoms with Crippen molar-refractivity contribution in [3.8, 4) is 0 Å². The van der Waals surface area contributed by atoms with Gasteiger partial charge < -0.3 is 9.52 Å². The molecule has 0 atom stereocenters. The summed E-state index contributed by atoms with van der Waals surface area (Å²) in [6, 6.07) is 4.23. The molecule has 2 rings (SSSR count). The molecule has 0 saturated carbocycles. The maximum Gasteiger partial charge on any atom is 0.309 e. The SMILES string of the molecule is CC(C)(Cc1coc2ccc(F)cc12)C(=O)O. The largest absolute Gasteiger partial charge is 0.481 e. The Balaban J connectivity index is 2.43. The number of hydrogen-bond donors (Lipinski definition) is 1. The average molecular weight is 236 g/mol. The van der Waals surface area contributed by atoms with Crippen LogP contribution in [0.3, 0.4) is 0 Å². The number of fused-ring (bicyclic) bond motifs is 1. The van der Waals surface area contributed by atoms with Crippen molar-refractivity contribution in [2.45, 2.75) is 20.3 Å². The van der Waals surface area contributed by atoms with Crippen LogP contribution in [0.1, 0.15) is 19.4 Å². The minimum atomic E-state index is -0.900. The average Bonchev–Trinajstić information content (AvgIpc) is 2.60. The highest BCUT2D eigenvalue weighted by Gasteiger charge is 2.28. The van der Waals surface area contributed by atoms with Crippen LogP contribution in [0.15, 0.2) is 28.9 Å². The number of aliphatic carboxylic acids is 1. The lowest BCUT2D eigenvalue weighted by Crippen LogP contribution is -2.26. The van der Waals surface area contributed by atoms with Crippen LogP contribution in [0.2, 0.25) is 0 Å². The first-order chi connectivity index (χ1) is 7.90. The van der Waals surface area contributed by atoms with Gasteiger partial charge in [0.15, 0.2) is 0 Å². The summed E-state index contributed by atoms with van der Waals surface area (Å²) in [5.74, 6) is -1.24. The molecule has 2 aromatic rings. The lowest BCUT2D eigenvalue weighted by Gasteiger charge is -2.17. The predicted molar refractivity (Wildman–Crippen MR) is 61.3 cm³/mol. The van der Waals surface area contributed by atoms with Crippen molar-refractivity contribution >= 4 is 16.9 Å². The van der Waals surface area contributed by atoms with Crippen molar-refractivity contribution < 1.29 is 18.7 Å². The number of carboxylic acid groups (broad SMARTS) is 1. The summed E-state index contributed by atoms with van der Waals surface area (Å²) in [7, 11) is 0. The molecule has 1 N–H and O–H groups in total. The molecular formula is C13H13FO3. The fourth-order valence-corrected chi connectivity index (χ4v) is 1.74. The van der Waals surface area contributed by atoms with Gasteiger partial charge in [-0.3, -0.25) is 4.79 Å². The van der Waals surface area contributed by atoms with E-state index in [1.54, 1.807) is 19.9 Å².